The van der Waals surface area contributed by atoms with Crippen molar-refractivity contribution in [2.45, 2.75) is 39.2 Å². The molecule has 0 unspecified atom stereocenters. The molecule has 0 radical (unpaired) electrons. The quantitative estimate of drug-likeness (QED) is 0.911. The van der Waals surface area contributed by atoms with E-state index in [1.54, 1.807) is 6.92 Å². The standard InChI is InChI=1S/C19H27N3O/c1-13-11-16-12-17(21-9-7-20-8-10-21)5-6-18(16)22(14(2)23)19(13)15-3-4-15/h5-6,12-13,15,19-20H,3-4,7-11H2,1-2H3/t13-,19-/m1/s1. The number of carbonyl (C=O) groups excluding carboxylic acids is 1. The lowest BCUT2D eigenvalue weighted by Crippen LogP contribution is -2.48. The summed E-state index contributed by atoms with van der Waals surface area (Å²) in [5, 5.41) is 3.41. The summed E-state index contributed by atoms with van der Waals surface area (Å²) in [6, 6.07) is 7.14. The van der Waals surface area contributed by atoms with Gasteiger partial charge in [0.25, 0.3) is 0 Å². The van der Waals surface area contributed by atoms with Gasteiger partial charge in [0.15, 0.2) is 0 Å². The third-order valence-corrected chi connectivity index (χ3v) is 5.67. The van der Waals surface area contributed by atoms with Gasteiger partial charge in [-0.2, -0.15) is 0 Å². The minimum atomic E-state index is 0.199. The van der Waals surface area contributed by atoms with E-state index in [0.29, 0.717) is 12.0 Å². The number of fused-ring (bicyclic) bond motifs is 1. The van der Waals surface area contributed by atoms with Crippen molar-refractivity contribution < 1.29 is 4.79 Å². The smallest absolute Gasteiger partial charge is 0.224 e. The zero-order valence-corrected chi connectivity index (χ0v) is 14.2. The predicted octanol–water partition coefficient (Wildman–Crippen LogP) is 2.42. The van der Waals surface area contributed by atoms with Gasteiger partial charge >= 0.3 is 0 Å². The van der Waals surface area contributed by atoms with Gasteiger partial charge in [-0.25, -0.2) is 0 Å². The highest BCUT2D eigenvalue weighted by atomic mass is 16.2. The summed E-state index contributed by atoms with van der Waals surface area (Å²) in [7, 11) is 0. The molecule has 124 valence electrons. The molecule has 1 aromatic carbocycles. The molecule has 1 amide bonds. The number of nitrogens with zero attached hydrogens (tertiary/aromatic N) is 2. The molecule has 0 spiro atoms. The highest BCUT2D eigenvalue weighted by Crippen LogP contribution is 2.45. The van der Waals surface area contributed by atoms with Crippen molar-refractivity contribution in [1.29, 1.82) is 0 Å². The number of anilines is 2. The molecular formula is C19H27N3O. The third-order valence-electron chi connectivity index (χ3n) is 5.67. The van der Waals surface area contributed by atoms with E-state index in [-0.39, 0.29) is 5.91 Å². The summed E-state index contributed by atoms with van der Waals surface area (Å²) in [4.78, 5) is 16.9. The van der Waals surface area contributed by atoms with Crippen LogP contribution in [0.5, 0.6) is 0 Å². The van der Waals surface area contributed by atoms with Crippen LogP contribution >= 0.6 is 0 Å². The minimum absolute atomic E-state index is 0.199. The van der Waals surface area contributed by atoms with Crippen molar-refractivity contribution in [1.82, 2.24) is 5.32 Å². The van der Waals surface area contributed by atoms with Gasteiger partial charge in [0.05, 0.1) is 0 Å². The van der Waals surface area contributed by atoms with Crippen molar-refractivity contribution in [3.05, 3.63) is 23.8 Å². The molecule has 1 N–H and O–H groups in total. The normalized spacial score (nSPS) is 27.7. The maximum Gasteiger partial charge on any atom is 0.224 e. The maximum atomic E-state index is 12.3. The predicted molar refractivity (Wildman–Crippen MR) is 94.1 cm³/mol. The Bertz CT molecular complexity index is 605. The van der Waals surface area contributed by atoms with Crippen LogP contribution in [0, 0.1) is 11.8 Å². The lowest BCUT2D eigenvalue weighted by Gasteiger charge is -2.42. The van der Waals surface area contributed by atoms with Crippen molar-refractivity contribution in [2.24, 2.45) is 11.8 Å². The topological polar surface area (TPSA) is 35.6 Å². The van der Waals surface area contributed by atoms with Gasteiger partial charge in [-0.15, -0.1) is 0 Å². The molecule has 4 heteroatoms. The van der Waals surface area contributed by atoms with Crippen LogP contribution < -0.4 is 15.1 Å². The van der Waals surface area contributed by atoms with E-state index < -0.39 is 0 Å². The second kappa shape index (κ2) is 5.82. The molecule has 1 saturated carbocycles. The molecular weight excluding hydrogens is 286 g/mol. The van der Waals surface area contributed by atoms with E-state index in [1.165, 1.54) is 24.1 Å². The van der Waals surface area contributed by atoms with Gasteiger partial charge in [-0.3, -0.25) is 4.79 Å². The number of benzene rings is 1. The lowest BCUT2D eigenvalue weighted by molar-refractivity contribution is -0.117. The molecule has 23 heavy (non-hydrogen) atoms. The van der Waals surface area contributed by atoms with Crippen molar-refractivity contribution in [3.8, 4) is 0 Å². The maximum absolute atomic E-state index is 12.3. The molecule has 0 bridgehead atoms. The third kappa shape index (κ3) is 2.74. The van der Waals surface area contributed by atoms with E-state index in [9.17, 15) is 4.79 Å². The number of amides is 1. The van der Waals surface area contributed by atoms with Crippen molar-refractivity contribution in [3.63, 3.8) is 0 Å². The Kier molecular flexibility index (Phi) is 3.80. The van der Waals surface area contributed by atoms with Crippen molar-refractivity contribution >= 4 is 17.3 Å². The molecule has 3 aliphatic rings. The molecule has 4 nitrogen and oxygen atoms in total. The fourth-order valence-electron chi connectivity index (χ4n) is 4.47. The van der Waals surface area contributed by atoms with Crippen LogP contribution in [-0.4, -0.2) is 38.1 Å². The monoisotopic (exact) mass is 313 g/mol. The summed E-state index contributed by atoms with van der Waals surface area (Å²) in [6.07, 6.45) is 3.67. The van der Waals surface area contributed by atoms with E-state index in [1.807, 2.05) is 0 Å². The van der Waals surface area contributed by atoms with Crippen LogP contribution in [0.2, 0.25) is 0 Å². The molecule has 1 aromatic rings. The highest BCUT2D eigenvalue weighted by Gasteiger charge is 2.43. The lowest BCUT2D eigenvalue weighted by atomic mass is 9.84. The number of piperazine rings is 1. The van der Waals surface area contributed by atoms with Gasteiger partial charge in [0.1, 0.15) is 0 Å². The minimum Gasteiger partial charge on any atom is -0.369 e. The molecule has 1 saturated heterocycles. The number of hydrogen-bond donors (Lipinski definition) is 1. The van der Waals surface area contributed by atoms with Gasteiger partial charge in [0.2, 0.25) is 5.91 Å². The summed E-state index contributed by atoms with van der Waals surface area (Å²) in [6.45, 7) is 8.28. The van der Waals surface area contributed by atoms with Gasteiger partial charge in [-0.05, 0) is 54.9 Å². The molecule has 1 aliphatic carbocycles. The zero-order valence-electron chi connectivity index (χ0n) is 14.2. The first-order valence-corrected chi connectivity index (χ1v) is 9.03. The average molecular weight is 313 g/mol. The Morgan fingerprint density at radius 1 is 1.22 bits per heavy atom. The first-order valence-electron chi connectivity index (χ1n) is 9.03. The molecule has 0 aromatic heterocycles. The second-order valence-corrected chi connectivity index (χ2v) is 7.45. The Morgan fingerprint density at radius 2 is 1.96 bits per heavy atom. The van der Waals surface area contributed by atoms with Crippen LogP contribution in [0.1, 0.15) is 32.3 Å². The van der Waals surface area contributed by atoms with Crippen LogP contribution in [0.3, 0.4) is 0 Å². The molecule has 2 fully saturated rings. The average Bonchev–Trinajstić information content (AvgIpc) is 3.38. The molecule has 2 atom stereocenters. The van der Waals surface area contributed by atoms with Crippen molar-refractivity contribution in [2.75, 3.05) is 36.0 Å². The summed E-state index contributed by atoms with van der Waals surface area (Å²) >= 11 is 0. The fourth-order valence-corrected chi connectivity index (χ4v) is 4.47. The van der Waals surface area contributed by atoms with E-state index in [4.69, 9.17) is 0 Å². The van der Waals surface area contributed by atoms with Crippen LogP contribution in [0.25, 0.3) is 0 Å². The highest BCUT2D eigenvalue weighted by molar-refractivity contribution is 5.94. The summed E-state index contributed by atoms with van der Waals surface area (Å²) in [5.41, 5.74) is 3.82. The van der Waals surface area contributed by atoms with Gasteiger partial charge in [-0.1, -0.05) is 6.92 Å². The SMILES string of the molecule is CC(=O)N1c2ccc(N3CCNCC3)cc2C[C@@H](C)[C@@H]1C1CC1. The molecule has 2 aliphatic heterocycles. The zero-order chi connectivity index (χ0) is 16.0. The first-order chi connectivity index (χ1) is 11.1. The molecule has 2 heterocycles. The largest absolute Gasteiger partial charge is 0.369 e. The first kappa shape index (κ1) is 15.0. The van der Waals surface area contributed by atoms with Gasteiger partial charge < -0.3 is 15.1 Å². The summed E-state index contributed by atoms with van der Waals surface area (Å²) in [5.74, 6) is 1.47. The number of hydrogen-bond acceptors (Lipinski definition) is 3. The van der Waals surface area contributed by atoms with Crippen LogP contribution in [0.15, 0.2) is 18.2 Å². The Balaban J connectivity index is 1.68. The molecule has 4 rings (SSSR count). The summed E-state index contributed by atoms with van der Waals surface area (Å²) < 4.78 is 0. The van der Waals surface area contributed by atoms with Gasteiger partial charge in [0, 0.05) is 50.5 Å². The Morgan fingerprint density at radius 3 is 2.61 bits per heavy atom. The second-order valence-electron chi connectivity index (χ2n) is 7.45. The van der Waals surface area contributed by atoms with Crippen LogP contribution in [0.4, 0.5) is 11.4 Å². The number of nitrogens with one attached hydrogen (secondary N) is 1. The Labute approximate surface area is 138 Å². The van der Waals surface area contributed by atoms with E-state index in [0.717, 1.165) is 44.2 Å². The number of carbonyl (C=O) groups is 1. The van der Waals surface area contributed by atoms with E-state index in [2.05, 4.69) is 40.2 Å². The fraction of sp³-hybridized carbons (Fsp3) is 0.632. The van der Waals surface area contributed by atoms with E-state index >= 15 is 0 Å². The van der Waals surface area contributed by atoms with Crippen LogP contribution in [-0.2, 0) is 11.2 Å². The number of rotatable bonds is 2. The Hall–Kier alpha value is -1.55.